The van der Waals surface area contributed by atoms with E-state index >= 15 is 0 Å². The second-order valence-corrected chi connectivity index (χ2v) is 4.04. The first-order chi connectivity index (χ1) is 7.20. The molecule has 0 fully saturated rings. The fourth-order valence-electron chi connectivity index (χ4n) is 0.908. The van der Waals surface area contributed by atoms with Gasteiger partial charge >= 0.3 is 0 Å². The molecule has 1 aromatic rings. The number of unbranched alkanes of at least 4 members (excludes halogenated alkanes) is 2. The maximum atomic E-state index is 10.1. The van der Waals surface area contributed by atoms with Crippen molar-refractivity contribution in [2.45, 2.75) is 32.6 Å². The first-order valence-corrected chi connectivity index (χ1v) is 5.85. The molecule has 0 radical (unpaired) electrons. The Balaban J connectivity index is 0.000000262. The molecule has 0 aliphatic carbocycles. The molecule has 2 N–H and O–H groups in total. The maximum Gasteiger partial charge on any atom is 0.217 e. The molecule has 0 bridgehead atoms. The first kappa shape index (κ1) is 13.8. The molecule has 0 atom stereocenters. The Kier molecular flexibility index (Phi) is 8.67. The number of carbonyl (C=O) groups excluding carboxylic acids is 2. The highest BCUT2D eigenvalue weighted by atomic mass is 32.1. The van der Waals surface area contributed by atoms with Crippen molar-refractivity contribution in [3.63, 3.8) is 0 Å². The van der Waals surface area contributed by atoms with Crippen molar-refractivity contribution in [2.75, 3.05) is 0 Å². The summed E-state index contributed by atoms with van der Waals surface area (Å²) in [5.41, 5.74) is 4.89. The lowest BCUT2D eigenvalue weighted by atomic mass is 10.2. The smallest absolute Gasteiger partial charge is 0.217 e. The van der Waals surface area contributed by atoms with E-state index in [0.29, 0.717) is 6.42 Å². The first-order valence-electron chi connectivity index (χ1n) is 4.97. The van der Waals surface area contributed by atoms with Crippen LogP contribution in [0.25, 0.3) is 0 Å². The molecule has 4 heteroatoms. The van der Waals surface area contributed by atoms with E-state index in [9.17, 15) is 9.59 Å². The number of amides is 1. The molecule has 0 saturated carbocycles. The number of rotatable bonds is 5. The fraction of sp³-hybridized carbons (Fsp3) is 0.455. The summed E-state index contributed by atoms with van der Waals surface area (Å²) in [6, 6.07) is 3.64. The Hall–Kier alpha value is -1.16. The standard InChI is InChI=1S/C6H13NO.C5H4OS/c1-2-3-4-5-6(7)8;6-4-5-2-1-3-7-5/h2-5H2,1H3,(H2,7,8);1-4H. The van der Waals surface area contributed by atoms with E-state index in [0.717, 1.165) is 30.4 Å². The lowest BCUT2D eigenvalue weighted by Crippen LogP contribution is -2.09. The Morgan fingerprint density at radius 3 is 2.60 bits per heavy atom. The quantitative estimate of drug-likeness (QED) is 0.621. The Morgan fingerprint density at radius 2 is 2.27 bits per heavy atom. The van der Waals surface area contributed by atoms with Gasteiger partial charge in [0.2, 0.25) is 5.91 Å². The molecule has 1 heterocycles. The number of hydrogen-bond acceptors (Lipinski definition) is 3. The topological polar surface area (TPSA) is 60.2 Å². The van der Waals surface area contributed by atoms with Crippen LogP contribution in [-0.4, -0.2) is 12.2 Å². The molecule has 1 amide bonds. The summed E-state index contributed by atoms with van der Waals surface area (Å²) < 4.78 is 0. The molecule has 0 unspecified atom stereocenters. The second-order valence-electron chi connectivity index (χ2n) is 3.06. The van der Waals surface area contributed by atoms with Crippen molar-refractivity contribution >= 4 is 23.5 Å². The zero-order valence-electron chi connectivity index (χ0n) is 8.94. The summed E-state index contributed by atoms with van der Waals surface area (Å²) in [6.07, 6.45) is 4.61. The summed E-state index contributed by atoms with van der Waals surface area (Å²) in [6.45, 7) is 2.10. The van der Waals surface area contributed by atoms with Gasteiger partial charge in [0.25, 0.3) is 0 Å². The average molecular weight is 227 g/mol. The Bertz CT molecular complexity index is 270. The number of carbonyl (C=O) groups is 2. The lowest BCUT2D eigenvalue weighted by Gasteiger charge is -1.90. The van der Waals surface area contributed by atoms with Gasteiger partial charge in [-0.15, -0.1) is 11.3 Å². The molecule has 0 saturated heterocycles. The third kappa shape index (κ3) is 9.15. The number of primary amides is 1. The maximum absolute atomic E-state index is 10.1. The summed E-state index contributed by atoms with van der Waals surface area (Å²) >= 11 is 1.45. The Labute approximate surface area is 94.3 Å². The molecule has 0 spiro atoms. The van der Waals surface area contributed by atoms with Gasteiger partial charge in [-0.25, -0.2) is 0 Å². The van der Waals surface area contributed by atoms with E-state index in [1.54, 1.807) is 6.07 Å². The Morgan fingerprint density at radius 1 is 1.53 bits per heavy atom. The molecule has 0 aliphatic heterocycles. The second kappa shape index (κ2) is 9.40. The minimum Gasteiger partial charge on any atom is -0.370 e. The van der Waals surface area contributed by atoms with Gasteiger partial charge in [-0.3, -0.25) is 9.59 Å². The van der Waals surface area contributed by atoms with Crippen LogP contribution in [0.5, 0.6) is 0 Å². The van der Waals surface area contributed by atoms with Gasteiger partial charge in [0.1, 0.15) is 0 Å². The van der Waals surface area contributed by atoms with Gasteiger partial charge in [-0.1, -0.05) is 25.8 Å². The van der Waals surface area contributed by atoms with Crippen LogP contribution in [0.2, 0.25) is 0 Å². The summed E-state index contributed by atoms with van der Waals surface area (Å²) in [4.78, 5) is 20.8. The van der Waals surface area contributed by atoms with Gasteiger partial charge in [0.05, 0.1) is 4.88 Å². The number of hydrogen-bond donors (Lipinski definition) is 1. The number of aldehydes is 1. The molecule has 0 aliphatic rings. The monoisotopic (exact) mass is 227 g/mol. The molecule has 3 nitrogen and oxygen atoms in total. The minimum absolute atomic E-state index is 0.182. The van der Waals surface area contributed by atoms with Gasteiger partial charge in [0, 0.05) is 6.42 Å². The fourth-order valence-corrected chi connectivity index (χ4v) is 1.43. The van der Waals surface area contributed by atoms with Crippen LogP contribution >= 0.6 is 11.3 Å². The van der Waals surface area contributed by atoms with Crippen LogP contribution in [0.4, 0.5) is 0 Å². The molecular formula is C11H17NO2S. The van der Waals surface area contributed by atoms with Crippen LogP contribution in [0.3, 0.4) is 0 Å². The molecule has 0 aromatic carbocycles. The van der Waals surface area contributed by atoms with Crippen molar-refractivity contribution in [3.8, 4) is 0 Å². The van der Waals surface area contributed by atoms with E-state index in [1.165, 1.54) is 11.3 Å². The van der Waals surface area contributed by atoms with E-state index in [-0.39, 0.29) is 5.91 Å². The highest BCUT2D eigenvalue weighted by Crippen LogP contribution is 2.03. The van der Waals surface area contributed by atoms with E-state index in [1.807, 2.05) is 11.4 Å². The van der Waals surface area contributed by atoms with Crippen molar-refractivity contribution in [2.24, 2.45) is 5.73 Å². The zero-order valence-corrected chi connectivity index (χ0v) is 9.76. The van der Waals surface area contributed by atoms with Gasteiger partial charge < -0.3 is 5.73 Å². The molecule has 1 aromatic heterocycles. The van der Waals surface area contributed by atoms with Crippen molar-refractivity contribution < 1.29 is 9.59 Å². The van der Waals surface area contributed by atoms with Crippen LogP contribution in [-0.2, 0) is 4.79 Å². The van der Waals surface area contributed by atoms with Crippen LogP contribution in [0, 0.1) is 0 Å². The summed E-state index contributed by atoms with van der Waals surface area (Å²) in [7, 11) is 0. The molecule has 84 valence electrons. The molecule has 1 rings (SSSR count). The highest BCUT2D eigenvalue weighted by molar-refractivity contribution is 7.11. The van der Waals surface area contributed by atoms with E-state index in [2.05, 4.69) is 6.92 Å². The van der Waals surface area contributed by atoms with Crippen molar-refractivity contribution in [1.29, 1.82) is 0 Å². The van der Waals surface area contributed by atoms with E-state index in [4.69, 9.17) is 5.73 Å². The summed E-state index contributed by atoms with van der Waals surface area (Å²) in [5, 5.41) is 1.88. The largest absolute Gasteiger partial charge is 0.370 e. The normalized spacial score (nSPS) is 8.87. The average Bonchev–Trinajstić information content (AvgIpc) is 2.71. The van der Waals surface area contributed by atoms with E-state index < -0.39 is 0 Å². The highest BCUT2D eigenvalue weighted by Gasteiger charge is 1.90. The zero-order chi connectivity index (χ0) is 11.5. The van der Waals surface area contributed by atoms with Crippen LogP contribution in [0.1, 0.15) is 42.3 Å². The van der Waals surface area contributed by atoms with Gasteiger partial charge in [-0.05, 0) is 17.9 Å². The minimum atomic E-state index is -0.182. The third-order valence-corrected chi connectivity index (χ3v) is 2.48. The summed E-state index contributed by atoms with van der Waals surface area (Å²) in [5.74, 6) is -0.182. The molecule has 15 heavy (non-hydrogen) atoms. The SMILES string of the molecule is CCCCCC(N)=O.O=Cc1cccs1. The van der Waals surface area contributed by atoms with Crippen molar-refractivity contribution in [3.05, 3.63) is 22.4 Å². The third-order valence-electron chi connectivity index (χ3n) is 1.69. The van der Waals surface area contributed by atoms with Crippen LogP contribution in [0.15, 0.2) is 17.5 Å². The predicted octanol–water partition coefficient (Wildman–Crippen LogP) is 2.61. The number of nitrogens with two attached hydrogens (primary N) is 1. The van der Waals surface area contributed by atoms with Gasteiger partial charge in [-0.2, -0.15) is 0 Å². The number of thiophene rings is 1. The van der Waals surface area contributed by atoms with Crippen molar-refractivity contribution in [1.82, 2.24) is 0 Å². The molecular weight excluding hydrogens is 210 g/mol. The van der Waals surface area contributed by atoms with Crippen LogP contribution < -0.4 is 5.73 Å². The van der Waals surface area contributed by atoms with Gasteiger partial charge in [0.15, 0.2) is 6.29 Å². The lowest BCUT2D eigenvalue weighted by molar-refractivity contribution is -0.118. The predicted molar refractivity (Wildman–Crippen MR) is 63.0 cm³/mol.